The first-order valence-corrected chi connectivity index (χ1v) is 20.3. The predicted molar refractivity (Wildman–Crippen MR) is 252 cm³/mol. The van der Waals surface area contributed by atoms with Crippen LogP contribution < -0.4 is 10.9 Å². The molecule has 1 atom stereocenters. The molecule has 5 nitrogen and oxygen atoms in total. The minimum Gasteiger partial charge on any atom is -0.307 e. The molecule has 7 aromatic rings. The quantitative estimate of drug-likeness (QED) is 0.0563. The summed E-state index contributed by atoms with van der Waals surface area (Å²) < 4.78 is 2.41. The molecule has 0 aliphatic heterocycles. The summed E-state index contributed by atoms with van der Waals surface area (Å²) in [6, 6.07) is 48.6. The van der Waals surface area contributed by atoms with E-state index in [-0.39, 0.29) is 6.04 Å². The van der Waals surface area contributed by atoms with Crippen LogP contribution >= 0.6 is 0 Å². The lowest BCUT2D eigenvalue weighted by atomic mass is 9.93. The van der Waals surface area contributed by atoms with Gasteiger partial charge in [0.1, 0.15) is 11.9 Å². The molecule has 6 aromatic carbocycles. The zero-order valence-corrected chi connectivity index (χ0v) is 33.9. The van der Waals surface area contributed by atoms with Crippen LogP contribution in [0.3, 0.4) is 0 Å². The van der Waals surface area contributed by atoms with Crippen molar-refractivity contribution in [3.63, 3.8) is 0 Å². The Morgan fingerprint density at radius 2 is 1.53 bits per heavy atom. The Labute approximate surface area is 347 Å². The number of allylic oxidation sites excluding steroid dienone is 7. The number of amidine groups is 1. The van der Waals surface area contributed by atoms with Crippen molar-refractivity contribution in [1.82, 2.24) is 15.4 Å². The molecule has 0 radical (unpaired) electrons. The minimum atomic E-state index is -0.290. The maximum Gasteiger partial charge on any atom is 0.143 e. The van der Waals surface area contributed by atoms with Crippen LogP contribution in [0.1, 0.15) is 65.5 Å². The molecule has 5 heteroatoms. The highest BCUT2D eigenvalue weighted by Gasteiger charge is 2.25. The van der Waals surface area contributed by atoms with E-state index in [1.165, 1.54) is 16.6 Å². The molecule has 59 heavy (non-hydrogen) atoms. The van der Waals surface area contributed by atoms with E-state index in [2.05, 4.69) is 181 Å². The Morgan fingerprint density at radius 3 is 2.31 bits per heavy atom. The Hall–Kier alpha value is -7.08. The van der Waals surface area contributed by atoms with Crippen molar-refractivity contribution >= 4 is 51.4 Å². The van der Waals surface area contributed by atoms with E-state index in [9.17, 15) is 0 Å². The summed E-state index contributed by atoms with van der Waals surface area (Å²) >= 11 is 0. The molecule has 1 aromatic heterocycles. The van der Waals surface area contributed by atoms with Gasteiger partial charge in [0.15, 0.2) is 0 Å². The summed E-state index contributed by atoms with van der Waals surface area (Å²) in [5.74, 6) is 0.765. The van der Waals surface area contributed by atoms with Crippen molar-refractivity contribution in [3.8, 4) is 5.69 Å². The number of aliphatic imine (C=N–C) groups is 2. The van der Waals surface area contributed by atoms with Crippen molar-refractivity contribution in [2.45, 2.75) is 32.7 Å². The summed E-state index contributed by atoms with van der Waals surface area (Å²) in [7, 11) is 1.87. The molecule has 0 amide bonds. The van der Waals surface area contributed by atoms with E-state index in [1.807, 2.05) is 50.4 Å². The van der Waals surface area contributed by atoms with Crippen LogP contribution in [-0.4, -0.2) is 23.7 Å². The standard InChI is InChI=1S/C54H49N5/c1-5-6-9-20-38(2)39(3)35-49-47-29-18-19-30-50(47)59(52(49)37-56-44-32-31-40-21-14-15-26-43(40)36-44)51-34-33-48(45-27-16-17-28-46(45)51)53(41-22-10-7-11-23-41)57-54(58-55-4)42-24-12-8-13-25-42/h5-17,19-28,30-37,53,55H,2,18,29H2,1,3-4H3,(H,57,58)/b6-5-,20-9-,39-35+,56-37?. The Morgan fingerprint density at radius 1 is 0.797 bits per heavy atom. The summed E-state index contributed by atoms with van der Waals surface area (Å²) in [5.41, 5.74) is 18.4. The number of benzene rings is 6. The number of hydrogen-bond acceptors (Lipinski definition) is 3. The number of nitrogens with one attached hydrogen (secondary N) is 2. The molecule has 0 fully saturated rings. The highest BCUT2D eigenvalue weighted by atomic mass is 15.4. The van der Waals surface area contributed by atoms with E-state index >= 15 is 0 Å². The third kappa shape index (κ3) is 8.33. The normalized spacial score (nSPS) is 13.9. The van der Waals surface area contributed by atoms with Crippen molar-refractivity contribution in [2.24, 2.45) is 9.98 Å². The van der Waals surface area contributed by atoms with Crippen molar-refractivity contribution < 1.29 is 0 Å². The lowest BCUT2D eigenvalue weighted by molar-refractivity contribution is 0.752. The number of hydrogen-bond donors (Lipinski definition) is 2. The summed E-state index contributed by atoms with van der Waals surface area (Å²) in [6.45, 7) is 8.60. The molecular weight excluding hydrogens is 719 g/mol. The molecule has 1 aliphatic carbocycles. The van der Waals surface area contributed by atoms with Crippen LogP contribution in [0.15, 0.2) is 198 Å². The highest BCUT2D eigenvalue weighted by Crippen LogP contribution is 2.39. The van der Waals surface area contributed by atoms with E-state index in [1.54, 1.807) is 0 Å². The van der Waals surface area contributed by atoms with E-state index in [0.717, 1.165) is 85.3 Å². The van der Waals surface area contributed by atoms with Crippen LogP contribution in [0.2, 0.25) is 0 Å². The van der Waals surface area contributed by atoms with Gasteiger partial charge in [-0.2, -0.15) is 0 Å². The molecule has 8 rings (SSSR count). The molecule has 0 saturated carbocycles. The molecule has 0 spiro atoms. The van der Waals surface area contributed by atoms with Crippen LogP contribution in [0, 0.1) is 0 Å². The fourth-order valence-electron chi connectivity index (χ4n) is 7.92. The number of aromatic nitrogens is 1. The molecule has 290 valence electrons. The second-order valence-corrected chi connectivity index (χ2v) is 14.7. The zero-order chi connectivity index (χ0) is 40.6. The number of hydrazine groups is 1. The second-order valence-electron chi connectivity index (χ2n) is 14.7. The largest absolute Gasteiger partial charge is 0.307 e. The third-order valence-corrected chi connectivity index (χ3v) is 10.9. The number of fused-ring (bicyclic) bond motifs is 3. The molecule has 1 aliphatic rings. The molecular formula is C54H49N5. The minimum absolute atomic E-state index is 0.290. The molecule has 2 N–H and O–H groups in total. The Kier molecular flexibility index (Phi) is 11.8. The maximum absolute atomic E-state index is 5.46. The Balaban J connectivity index is 1.36. The van der Waals surface area contributed by atoms with Gasteiger partial charge < -0.3 is 9.99 Å². The SMILES string of the molecule is C=C(/C=C\C=C/C)/C(C)=C/c1c2c(n(-c3ccc(C(N=C(NNC)c4ccccc4)c4ccccc4)c4ccccc34)c1C=Nc1ccc3ccccc3c1)C=CCC2. The predicted octanol–water partition coefficient (Wildman–Crippen LogP) is 12.8. The van der Waals surface area contributed by atoms with Gasteiger partial charge in [0.25, 0.3) is 0 Å². The van der Waals surface area contributed by atoms with Gasteiger partial charge in [-0.05, 0) is 101 Å². The Bertz CT molecular complexity index is 2810. The van der Waals surface area contributed by atoms with Crippen LogP contribution in [0.5, 0.6) is 0 Å². The number of rotatable bonds is 12. The van der Waals surface area contributed by atoms with Crippen molar-refractivity contribution in [1.29, 1.82) is 0 Å². The van der Waals surface area contributed by atoms with Gasteiger partial charge in [0, 0.05) is 29.3 Å². The highest BCUT2D eigenvalue weighted by molar-refractivity contribution is 6.00. The van der Waals surface area contributed by atoms with Gasteiger partial charge in [0.05, 0.1) is 23.3 Å². The topological polar surface area (TPSA) is 53.7 Å². The zero-order valence-electron chi connectivity index (χ0n) is 33.9. The van der Waals surface area contributed by atoms with Gasteiger partial charge >= 0.3 is 0 Å². The molecule has 0 bridgehead atoms. The van der Waals surface area contributed by atoms with Crippen molar-refractivity contribution in [3.05, 3.63) is 227 Å². The third-order valence-electron chi connectivity index (χ3n) is 10.9. The molecule has 1 unspecified atom stereocenters. The van der Waals surface area contributed by atoms with Crippen LogP contribution in [-0.2, 0) is 6.42 Å². The maximum atomic E-state index is 5.46. The summed E-state index contributed by atoms with van der Waals surface area (Å²) in [6.07, 6.45) is 19.0. The van der Waals surface area contributed by atoms with Crippen LogP contribution in [0.4, 0.5) is 5.69 Å². The second kappa shape index (κ2) is 18.0. The first-order valence-electron chi connectivity index (χ1n) is 20.3. The number of nitrogens with zero attached hydrogens (tertiary/aromatic N) is 3. The molecule has 1 heterocycles. The average Bonchev–Trinajstić information content (AvgIpc) is 3.59. The van der Waals surface area contributed by atoms with Gasteiger partial charge in [0.2, 0.25) is 0 Å². The van der Waals surface area contributed by atoms with E-state index < -0.39 is 0 Å². The fraction of sp³-hybridized carbons (Fsp3) is 0.111. The summed E-state index contributed by atoms with van der Waals surface area (Å²) in [4.78, 5) is 10.7. The average molecular weight is 768 g/mol. The van der Waals surface area contributed by atoms with Gasteiger partial charge in [-0.25, -0.2) is 5.43 Å². The lowest BCUT2D eigenvalue weighted by Crippen LogP contribution is -2.35. The van der Waals surface area contributed by atoms with Crippen LogP contribution in [0.25, 0.3) is 39.4 Å². The monoisotopic (exact) mass is 767 g/mol. The smallest absolute Gasteiger partial charge is 0.143 e. The van der Waals surface area contributed by atoms with Crippen molar-refractivity contribution in [2.75, 3.05) is 7.05 Å². The van der Waals surface area contributed by atoms with Gasteiger partial charge in [-0.15, -0.1) is 0 Å². The lowest BCUT2D eigenvalue weighted by Gasteiger charge is -2.21. The van der Waals surface area contributed by atoms with Gasteiger partial charge in [-0.3, -0.25) is 9.98 Å². The molecule has 0 saturated heterocycles. The summed E-state index contributed by atoms with van der Waals surface area (Å²) in [5, 5.41) is 4.63. The van der Waals surface area contributed by atoms with E-state index in [4.69, 9.17) is 9.98 Å². The van der Waals surface area contributed by atoms with Gasteiger partial charge in [-0.1, -0.05) is 158 Å². The fourth-order valence-corrected chi connectivity index (χ4v) is 7.92. The first-order chi connectivity index (χ1) is 29.0. The van der Waals surface area contributed by atoms with E-state index in [0.29, 0.717) is 0 Å². The first kappa shape index (κ1) is 38.8.